The number of aromatic nitrogens is 3. The molecule has 9 nitrogen and oxygen atoms in total. The highest BCUT2D eigenvalue weighted by molar-refractivity contribution is 6.33. The van der Waals surface area contributed by atoms with E-state index in [9.17, 15) is 14.4 Å². The zero-order chi connectivity index (χ0) is 28.7. The number of anilines is 1. The Morgan fingerprint density at radius 3 is 2.61 bits per heavy atom. The van der Waals surface area contributed by atoms with E-state index in [2.05, 4.69) is 15.5 Å². The largest absolute Gasteiger partial charge is 0.341 e. The van der Waals surface area contributed by atoms with Gasteiger partial charge in [-0.3, -0.25) is 14.4 Å². The number of para-hydroxylation sites is 2. The van der Waals surface area contributed by atoms with E-state index in [4.69, 9.17) is 11.6 Å². The maximum atomic E-state index is 16.2. The van der Waals surface area contributed by atoms with Crippen molar-refractivity contribution >= 4 is 45.9 Å². The van der Waals surface area contributed by atoms with Crippen LogP contribution in [0.25, 0.3) is 10.9 Å². The summed E-state index contributed by atoms with van der Waals surface area (Å²) in [6.07, 6.45) is 3.62. The van der Waals surface area contributed by atoms with Crippen LogP contribution in [0, 0.1) is 0 Å². The van der Waals surface area contributed by atoms with E-state index >= 15 is 4.39 Å². The molecule has 2 aromatic heterocycles. The Labute approximate surface area is 240 Å². The molecule has 0 spiro atoms. The molecular weight excluding hydrogens is 547 g/mol. The molecule has 3 amide bonds. The van der Waals surface area contributed by atoms with Gasteiger partial charge in [0.05, 0.1) is 28.5 Å². The molecule has 2 aliphatic rings. The molecule has 0 aliphatic carbocycles. The minimum absolute atomic E-state index is 0.315. The SMILES string of the molecule is CC(=O)N1C(c2ccnnc2)C(F)CC1(C(=O)NC1CCCN(c2ccccc2Cl)C1=O)n1ccc2ccccc21. The fraction of sp³-hybridized carbons (Fsp3) is 0.300. The molecule has 2 aromatic carbocycles. The molecule has 11 heteroatoms. The van der Waals surface area contributed by atoms with Gasteiger partial charge < -0.3 is 19.7 Å². The van der Waals surface area contributed by atoms with Crippen LogP contribution in [0.4, 0.5) is 10.1 Å². The number of halogens is 2. The number of carbonyl (C=O) groups is 3. The first-order valence-corrected chi connectivity index (χ1v) is 13.8. The van der Waals surface area contributed by atoms with Gasteiger partial charge in [-0.2, -0.15) is 10.2 Å². The Bertz CT molecular complexity index is 1630. The van der Waals surface area contributed by atoms with Crippen LogP contribution in [0.2, 0.25) is 5.02 Å². The average molecular weight is 575 g/mol. The molecule has 41 heavy (non-hydrogen) atoms. The van der Waals surface area contributed by atoms with E-state index in [0.717, 1.165) is 5.39 Å². The van der Waals surface area contributed by atoms with Crippen LogP contribution >= 0.6 is 11.6 Å². The zero-order valence-corrected chi connectivity index (χ0v) is 23.0. The number of likely N-dealkylation sites (tertiary alicyclic amines) is 1. The number of amides is 3. The first-order chi connectivity index (χ1) is 19.8. The van der Waals surface area contributed by atoms with Crippen molar-refractivity contribution in [3.8, 4) is 0 Å². The molecule has 210 valence electrons. The van der Waals surface area contributed by atoms with E-state index in [1.54, 1.807) is 46.0 Å². The van der Waals surface area contributed by atoms with Crippen molar-refractivity contribution in [2.24, 2.45) is 0 Å². The van der Waals surface area contributed by atoms with Gasteiger partial charge in [0.2, 0.25) is 17.5 Å². The molecule has 1 N–H and O–H groups in total. The molecule has 2 fully saturated rings. The second-order valence-corrected chi connectivity index (χ2v) is 10.8. The standard InChI is InChI=1S/C30H28ClFN6O3/c1-19(39)38-27(21-12-14-33-34-18-21)23(32)17-30(38,37-16-13-20-7-2-4-10-25(20)37)29(41)35-24-9-6-15-36(28(24)40)26-11-5-3-8-22(26)31/h2-5,7-8,10-14,16,18,23-24,27H,6,9,15,17H2,1H3,(H,35,41). The van der Waals surface area contributed by atoms with Crippen LogP contribution in [0.3, 0.4) is 0 Å². The fourth-order valence-corrected chi connectivity index (χ4v) is 6.53. The normalized spacial score (nSPS) is 24.6. The lowest BCUT2D eigenvalue weighted by Crippen LogP contribution is -2.62. The number of hydrogen-bond donors (Lipinski definition) is 1. The third-order valence-corrected chi connectivity index (χ3v) is 8.36. The van der Waals surface area contributed by atoms with Crippen molar-refractivity contribution in [3.63, 3.8) is 0 Å². The summed E-state index contributed by atoms with van der Waals surface area (Å²) in [7, 11) is 0. The van der Waals surface area contributed by atoms with Gasteiger partial charge in [0.1, 0.15) is 12.2 Å². The van der Waals surface area contributed by atoms with Crippen LogP contribution in [0.1, 0.15) is 37.8 Å². The Balaban J connectivity index is 1.44. The van der Waals surface area contributed by atoms with Crippen molar-refractivity contribution in [1.29, 1.82) is 0 Å². The molecule has 6 rings (SSSR count). The summed E-state index contributed by atoms with van der Waals surface area (Å²) in [6.45, 7) is 1.77. The summed E-state index contributed by atoms with van der Waals surface area (Å²) in [4.78, 5) is 44.5. The number of nitrogens with zero attached hydrogens (tertiary/aromatic N) is 5. The van der Waals surface area contributed by atoms with Crippen molar-refractivity contribution < 1.29 is 18.8 Å². The van der Waals surface area contributed by atoms with Gasteiger partial charge in [-0.1, -0.05) is 41.9 Å². The van der Waals surface area contributed by atoms with Gasteiger partial charge in [0.25, 0.3) is 5.91 Å². The number of piperidine rings is 1. The summed E-state index contributed by atoms with van der Waals surface area (Å²) in [5.41, 5.74) is -0.158. The molecule has 2 saturated heterocycles. The van der Waals surface area contributed by atoms with Gasteiger partial charge in [-0.25, -0.2) is 4.39 Å². The fourth-order valence-electron chi connectivity index (χ4n) is 6.29. The van der Waals surface area contributed by atoms with Crippen LogP contribution in [0.15, 0.2) is 79.3 Å². The number of rotatable bonds is 5. The Morgan fingerprint density at radius 1 is 1.07 bits per heavy atom. The first-order valence-electron chi connectivity index (χ1n) is 13.5. The quantitative estimate of drug-likeness (QED) is 0.381. The Morgan fingerprint density at radius 2 is 1.85 bits per heavy atom. The van der Waals surface area contributed by atoms with Crippen molar-refractivity contribution in [2.75, 3.05) is 11.4 Å². The topological polar surface area (TPSA) is 100 Å². The summed E-state index contributed by atoms with van der Waals surface area (Å²) in [6, 6.07) is 15.9. The number of alkyl halides is 1. The second-order valence-electron chi connectivity index (χ2n) is 10.4. The Hall–Kier alpha value is -4.31. The third kappa shape index (κ3) is 4.42. The van der Waals surface area contributed by atoms with Crippen LogP contribution in [-0.4, -0.2) is 56.1 Å². The van der Waals surface area contributed by atoms with Gasteiger partial charge >= 0.3 is 0 Å². The van der Waals surface area contributed by atoms with E-state index < -0.39 is 35.7 Å². The molecule has 0 saturated carbocycles. The summed E-state index contributed by atoms with van der Waals surface area (Å²) in [5.74, 6) is -1.45. The number of hydrogen-bond acceptors (Lipinski definition) is 5. The lowest BCUT2D eigenvalue weighted by atomic mass is 9.99. The van der Waals surface area contributed by atoms with E-state index in [1.165, 1.54) is 24.2 Å². The van der Waals surface area contributed by atoms with E-state index in [-0.39, 0.29) is 12.3 Å². The zero-order valence-electron chi connectivity index (χ0n) is 22.3. The van der Waals surface area contributed by atoms with Crippen LogP contribution < -0.4 is 10.2 Å². The average Bonchev–Trinajstić information content (AvgIpc) is 3.55. The number of carbonyl (C=O) groups excluding carboxylic acids is 3. The van der Waals surface area contributed by atoms with Crippen molar-refractivity contribution in [3.05, 3.63) is 89.8 Å². The van der Waals surface area contributed by atoms with Gasteiger partial charge in [-0.15, -0.1) is 0 Å². The lowest BCUT2D eigenvalue weighted by Gasteiger charge is -2.42. The summed E-state index contributed by atoms with van der Waals surface area (Å²) < 4.78 is 17.8. The molecule has 4 heterocycles. The minimum atomic E-state index is -1.80. The first kappa shape index (κ1) is 26.9. The highest BCUT2D eigenvalue weighted by Crippen LogP contribution is 2.49. The van der Waals surface area contributed by atoms with Gasteiger partial charge in [-0.05, 0) is 54.1 Å². The highest BCUT2D eigenvalue weighted by Gasteiger charge is 2.60. The number of nitrogens with one attached hydrogen (secondary N) is 1. The molecule has 4 unspecified atom stereocenters. The van der Waals surface area contributed by atoms with Crippen molar-refractivity contribution in [1.82, 2.24) is 25.0 Å². The number of benzene rings is 2. The second kappa shape index (κ2) is 10.6. The van der Waals surface area contributed by atoms with Crippen LogP contribution in [-0.2, 0) is 20.0 Å². The highest BCUT2D eigenvalue weighted by atomic mass is 35.5. The summed E-state index contributed by atoms with van der Waals surface area (Å²) >= 11 is 6.39. The maximum Gasteiger partial charge on any atom is 0.268 e. The van der Waals surface area contributed by atoms with E-state index in [0.29, 0.717) is 41.2 Å². The lowest BCUT2D eigenvalue weighted by molar-refractivity contribution is -0.153. The number of fused-ring (bicyclic) bond motifs is 1. The predicted octanol–water partition coefficient (Wildman–Crippen LogP) is 4.38. The monoisotopic (exact) mass is 574 g/mol. The molecule has 4 aromatic rings. The third-order valence-electron chi connectivity index (χ3n) is 8.04. The van der Waals surface area contributed by atoms with Crippen LogP contribution in [0.5, 0.6) is 0 Å². The Kier molecular flexibility index (Phi) is 6.94. The van der Waals surface area contributed by atoms with Gasteiger partial charge in [0.15, 0.2) is 0 Å². The molecule has 0 radical (unpaired) electrons. The smallest absolute Gasteiger partial charge is 0.268 e. The molecule has 4 atom stereocenters. The van der Waals surface area contributed by atoms with E-state index in [1.807, 2.05) is 30.3 Å². The van der Waals surface area contributed by atoms with Gasteiger partial charge in [0, 0.05) is 32.3 Å². The minimum Gasteiger partial charge on any atom is -0.341 e. The predicted molar refractivity (Wildman–Crippen MR) is 152 cm³/mol. The molecule has 0 bridgehead atoms. The molecule has 2 aliphatic heterocycles. The summed E-state index contributed by atoms with van der Waals surface area (Å²) in [5, 5.41) is 11.8. The van der Waals surface area contributed by atoms with Crippen molar-refractivity contribution in [2.45, 2.75) is 50.1 Å². The molecular formula is C30H28ClFN6O3. The maximum absolute atomic E-state index is 16.2.